The zero-order chi connectivity index (χ0) is 15.4. The molecule has 1 aromatic carbocycles. The molecule has 0 fully saturated rings. The Kier molecular flexibility index (Phi) is 4.81. The van der Waals surface area contributed by atoms with Gasteiger partial charge in [-0.1, -0.05) is 29.9 Å². The maximum Gasteiger partial charge on any atom is 0.414 e. The lowest BCUT2D eigenvalue weighted by molar-refractivity contribution is 0.172. The van der Waals surface area contributed by atoms with Crippen molar-refractivity contribution in [3.05, 3.63) is 46.9 Å². The van der Waals surface area contributed by atoms with E-state index in [0.717, 1.165) is 15.0 Å². The lowest BCUT2D eigenvalue weighted by Crippen LogP contribution is -2.25. The van der Waals surface area contributed by atoms with Gasteiger partial charge >= 0.3 is 6.09 Å². The van der Waals surface area contributed by atoms with Crippen molar-refractivity contribution in [3.8, 4) is 5.75 Å². The number of hydrogen-bond acceptors (Lipinski definition) is 3. The van der Waals surface area contributed by atoms with Gasteiger partial charge in [0.25, 0.3) is 0 Å². The molecule has 1 heterocycles. The largest absolute Gasteiger partial charge is 0.414 e. The van der Waals surface area contributed by atoms with Gasteiger partial charge in [0.05, 0.1) is 4.88 Å². The number of rotatable bonds is 3. The molecule has 0 N–H and O–H groups in total. The first-order valence-corrected chi connectivity index (χ1v) is 7.53. The van der Waals surface area contributed by atoms with Crippen LogP contribution < -0.4 is 4.74 Å². The van der Waals surface area contributed by atoms with Crippen LogP contribution in [-0.4, -0.2) is 25.1 Å². The second-order valence-corrected chi connectivity index (χ2v) is 6.24. The molecule has 0 unspecified atom stereocenters. The Hall–Kier alpha value is -2.07. The number of hydrogen-bond donors (Lipinski definition) is 0. The van der Waals surface area contributed by atoms with E-state index in [1.807, 2.05) is 56.3 Å². The van der Waals surface area contributed by atoms with Crippen molar-refractivity contribution in [3.63, 3.8) is 0 Å². The van der Waals surface area contributed by atoms with Crippen LogP contribution in [0.25, 0.3) is 16.2 Å². The third kappa shape index (κ3) is 3.73. The predicted molar refractivity (Wildman–Crippen MR) is 90.0 cm³/mol. The summed E-state index contributed by atoms with van der Waals surface area (Å²) >= 11 is 1.62. The van der Waals surface area contributed by atoms with Gasteiger partial charge in [0.1, 0.15) is 0 Å². The highest BCUT2D eigenvalue weighted by Gasteiger charge is 2.16. The van der Waals surface area contributed by atoms with Crippen LogP contribution in [0.5, 0.6) is 5.75 Å². The molecule has 2 aromatic rings. The Morgan fingerprint density at radius 2 is 1.95 bits per heavy atom. The van der Waals surface area contributed by atoms with Gasteiger partial charge in [0.15, 0.2) is 5.75 Å². The van der Waals surface area contributed by atoms with Crippen molar-refractivity contribution in [2.24, 2.45) is 0 Å². The molecule has 0 aliphatic rings. The van der Waals surface area contributed by atoms with Gasteiger partial charge in [-0.2, -0.15) is 0 Å². The molecule has 0 aliphatic heterocycles. The van der Waals surface area contributed by atoms with Crippen molar-refractivity contribution in [2.45, 2.75) is 13.8 Å². The first-order valence-electron chi connectivity index (χ1n) is 6.71. The first kappa shape index (κ1) is 15.3. The number of benzene rings is 1. The van der Waals surface area contributed by atoms with E-state index in [0.29, 0.717) is 5.75 Å². The standard InChI is InChI=1S/C17H19NO2S/c1-12(2)8-7-11-15-16(20-17(19)18(3)4)13-9-5-6-10-14(13)21-15/h5-11H,1-4H3/b11-7-. The molecule has 0 bridgehead atoms. The van der Waals surface area contributed by atoms with Crippen LogP contribution in [0.4, 0.5) is 4.79 Å². The SMILES string of the molecule is CC(C)=C/C=C\c1sc2ccccc2c1OC(=O)N(C)C. The molecule has 0 saturated carbocycles. The first-order chi connectivity index (χ1) is 9.99. The Morgan fingerprint density at radius 3 is 2.62 bits per heavy atom. The van der Waals surface area contributed by atoms with E-state index in [4.69, 9.17) is 4.74 Å². The van der Waals surface area contributed by atoms with E-state index in [9.17, 15) is 4.79 Å². The molecule has 110 valence electrons. The van der Waals surface area contributed by atoms with Crippen LogP contribution in [0.1, 0.15) is 18.7 Å². The zero-order valence-electron chi connectivity index (χ0n) is 12.7. The van der Waals surface area contributed by atoms with Crippen molar-refractivity contribution in [1.29, 1.82) is 0 Å². The van der Waals surface area contributed by atoms with E-state index in [-0.39, 0.29) is 6.09 Å². The molecule has 0 radical (unpaired) electrons. The molecule has 0 saturated heterocycles. The van der Waals surface area contributed by atoms with Gasteiger partial charge in [-0.15, -0.1) is 11.3 Å². The van der Waals surface area contributed by atoms with Gasteiger partial charge in [0, 0.05) is 24.2 Å². The summed E-state index contributed by atoms with van der Waals surface area (Å²) in [5.41, 5.74) is 1.22. The van der Waals surface area contributed by atoms with E-state index in [1.165, 1.54) is 10.5 Å². The fourth-order valence-electron chi connectivity index (χ4n) is 1.76. The number of fused-ring (bicyclic) bond motifs is 1. The molecule has 3 nitrogen and oxygen atoms in total. The quantitative estimate of drug-likeness (QED) is 0.751. The summed E-state index contributed by atoms with van der Waals surface area (Å²) < 4.78 is 6.65. The van der Waals surface area contributed by atoms with Crippen molar-refractivity contribution < 1.29 is 9.53 Å². The van der Waals surface area contributed by atoms with Gasteiger partial charge in [-0.3, -0.25) is 0 Å². The summed E-state index contributed by atoms with van der Waals surface area (Å²) in [6.45, 7) is 4.09. The Balaban J connectivity index is 2.45. The van der Waals surface area contributed by atoms with E-state index in [2.05, 4.69) is 0 Å². The van der Waals surface area contributed by atoms with Gasteiger partial charge in [0.2, 0.25) is 0 Å². The van der Waals surface area contributed by atoms with E-state index >= 15 is 0 Å². The molecule has 21 heavy (non-hydrogen) atoms. The number of nitrogens with zero attached hydrogens (tertiary/aromatic N) is 1. The molecule has 1 aromatic heterocycles. The maximum atomic E-state index is 11.9. The molecular weight excluding hydrogens is 282 g/mol. The normalized spacial score (nSPS) is 10.9. The second kappa shape index (κ2) is 6.59. The second-order valence-electron chi connectivity index (χ2n) is 5.16. The highest BCUT2D eigenvalue weighted by molar-refractivity contribution is 7.20. The summed E-state index contributed by atoms with van der Waals surface area (Å²) in [6.07, 6.45) is 5.63. The third-order valence-electron chi connectivity index (χ3n) is 2.81. The van der Waals surface area contributed by atoms with Crippen LogP contribution in [0, 0.1) is 0 Å². The molecule has 0 spiro atoms. The number of carbonyl (C=O) groups is 1. The smallest absolute Gasteiger partial charge is 0.408 e. The maximum absolute atomic E-state index is 11.9. The molecule has 0 atom stereocenters. The fourth-order valence-corrected chi connectivity index (χ4v) is 2.81. The topological polar surface area (TPSA) is 29.5 Å². The van der Waals surface area contributed by atoms with Crippen LogP contribution >= 0.6 is 11.3 Å². The summed E-state index contributed by atoms with van der Waals surface area (Å²) in [6, 6.07) is 7.94. The molecule has 4 heteroatoms. The highest BCUT2D eigenvalue weighted by Crippen LogP contribution is 2.38. The summed E-state index contributed by atoms with van der Waals surface area (Å²) in [5, 5.41) is 0.967. The van der Waals surface area contributed by atoms with Crippen LogP contribution in [0.3, 0.4) is 0 Å². The van der Waals surface area contributed by atoms with Crippen molar-refractivity contribution in [1.82, 2.24) is 4.90 Å². The van der Waals surface area contributed by atoms with Crippen LogP contribution in [0.2, 0.25) is 0 Å². The Labute approximate surface area is 129 Å². The minimum Gasteiger partial charge on any atom is -0.408 e. The van der Waals surface area contributed by atoms with Gasteiger partial charge in [-0.25, -0.2) is 4.79 Å². The Bertz CT molecular complexity index is 707. The van der Waals surface area contributed by atoms with E-state index in [1.54, 1.807) is 25.4 Å². The predicted octanol–water partition coefficient (Wildman–Crippen LogP) is 4.94. The highest BCUT2D eigenvalue weighted by atomic mass is 32.1. The minimum atomic E-state index is -0.365. The number of allylic oxidation sites excluding steroid dienone is 3. The van der Waals surface area contributed by atoms with Gasteiger partial charge in [-0.05, 0) is 32.1 Å². The minimum absolute atomic E-state index is 0.365. The molecule has 1 amide bonds. The summed E-state index contributed by atoms with van der Waals surface area (Å²) in [4.78, 5) is 14.2. The Morgan fingerprint density at radius 1 is 1.24 bits per heavy atom. The molecule has 2 rings (SSSR count). The average Bonchev–Trinajstić information content (AvgIpc) is 2.76. The average molecular weight is 301 g/mol. The number of amides is 1. The van der Waals surface area contributed by atoms with Crippen molar-refractivity contribution >= 4 is 33.6 Å². The zero-order valence-corrected chi connectivity index (χ0v) is 13.5. The summed E-state index contributed by atoms with van der Waals surface area (Å²) in [7, 11) is 3.35. The van der Waals surface area contributed by atoms with Gasteiger partial charge < -0.3 is 9.64 Å². The lowest BCUT2D eigenvalue weighted by Gasteiger charge is -2.10. The lowest BCUT2D eigenvalue weighted by atomic mass is 10.2. The fraction of sp³-hybridized carbons (Fsp3) is 0.235. The number of thiophene rings is 1. The number of carbonyl (C=O) groups excluding carboxylic acids is 1. The van der Waals surface area contributed by atoms with E-state index < -0.39 is 0 Å². The monoisotopic (exact) mass is 301 g/mol. The molecule has 0 aliphatic carbocycles. The summed E-state index contributed by atoms with van der Waals surface area (Å²) in [5.74, 6) is 0.632. The number of ether oxygens (including phenoxy) is 1. The van der Waals surface area contributed by atoms with Crippen LogP contribution in [-0.2, 0) is 0 Å². The van der Waals surface area contributed by atoms with Crippen molar-refractivity contribution in [2.75, 3.05) is 14.1 Å². The third-order valence-corrected chi connectivity index (χ3v) is 3.92. The molecular formula is C17H19NO2S. The van der Waals surface area contributed by atoms with Crippen LogP contribution in [0.15, 0.2) is 42.0 Å².